The van der Waals surface area contributed by atoms with Gasteiger partial charge in [0.25, 0.3) is 8.68 Å². The van der Waals surface area contributed by atoms with Gasteiger partial charge in [0.2, 0.25) is 0 Å². The van der Waals surface area contributed by atoms with E-state index in [1.165, 1.54) is 51.4 Å². The van der Waals surface area contributed by atoms with E-state index >= 15 is 0 Å². The van der Waals surface area contributed by atoms with Gasteiger partial charge in [0, 0.05) is 11.5 Å². The molecule has 172 valence electrons. The summed E-state index contributed by atoms with van der Waals surface area (Å²) in [7, 11) is 0.702. The highest BCUT2D eigenvalue weighted by Gasteiger charge is 2.39. The fourth-order valence-corrected chi connectivity index (χ4v) is 5.83. The van der Waals surface area contributed by atoms with E-state index in [1.807, 2.05) is 13.2 Å². The SMILES string of the molecule is CO/C(=C1\C2CCCC1C1=C(CCCC1)C2)c1ccc(C#N)c(C(C)(C)C)c1.C[Si](C)=O. The van der Waals surface area contributed by atoms with Crippen LogP contribution in [0.5, 0.6) is 0 Å². The van der Waals surface area contributed by atoms with Gasteiger partial charge in [-0.2, -0.15) is 5.26 Å². The summed E-state index contributed by atoms with van der Waals surface area (Å²) in [4.78, 5) is 0. The zero-order valence-corrected chi connectivity index (χ0v) is 21.8. The van der Waals surface area contributed by atoms with E-state index in [1.54, 1.807) is 29.8 Å². The molecule has 4 heteroatoms. The van der Waals surface area contributed by atoms with Gasteiger partial charge in [-0.1, -0.05) is 38.3 Å². The molecule has 0 saturated heterocycles. The molecule has 32 heavy (non-hydrogen) atoms. The van der Waals surface area contributed by atoms with Crippen LogP contribution in [0.4, 0.5) is 0 Å². The topological polar surface area (TPSA) is 50.1 Å². The van der Waals surface area contributed by atoms with Crippen LogP contribution in [0.3, 0.4) is 0 Å². The molecule has 0 amide bonds. The minimum atomic E-state index is -1.13. The second-order valence-corrected chi connectivity index (χ2v) is 12.6. The molecule has 1 aromatic rings. The number of rotatable bonds is 2. The third-order valence-corrected chi connectivity index (χ3v) is 7.08. The second-order valence-electron chi connectivity index (χ2n) is 10.7. The highest BCUT2D eigenvalue weighted by Crippen LogP contribution is 2.53. The quantitative estimate of drug-likeness (QED) is 0.266. The lowest BCUT2D eigenvalue weighted by molar-refractivity contribution is 0.311. The predicted octanol–water partition coefficient (Wildman–Crippen LogP) is 7.57. The van der Waals surface area contributed by atoms with Gasteiger partial charge in [-0.05, 0) is 98.7 Å². The van der Waals surface area contributed by atoms with E-state index in [0.717, 1.165) is 22.4 Å². The molecule has 1 saturated carbocycles. The van der Waals surface area contributed by atoms with Crippen molar-refractivity contribution in [2.45, 2.75) is 90.6 Å². The third-order valence-electron chi connectivity index (χ3n) is 7.08. The van der Waals surface area contributed by atoms with Crippen LogP contribution in [-0.4, -0.2) is 15.8 Å². The minimum Gasteiger partial charge on any atom is -0.496 e. The lowest BCUT2D eigenvalue weighted by atomic mass is 9.62. The summed E-state index contributed by atoms with van der Waals surface area (Å²) < 4.78 is 15.7. The Labute approximate surface area is 196 Å². The molecule has 2 atom stereocenters. The van der Waals surface area contributed by atoms with Gasteiger partial charge in [-0.25, -0.2) is 0 Å². The molecule has 0 aliphatic heterocycles. The van der Waals surface area contributed by atoms with E-state index in [9.17, 15) is 9.72 Å². The Bertz CT molecular complexity index is 970. The van der Waals surface area contributed by atoms with Crippen LogP contribution in [-0.2, 0) is 14.6 Å². The summed E-state index contributed by atoms with van der Waals surface area (Å²) in [5, 5.41) is 9.58. The number of allylic oxidation sites excluding steroid dienone is 3. The number of ether oxygens (including phenoxy) is 1. The van der Waals surface area contributed by atoms with Crippen molar-refractivity contribution in [3.05, 3.63) is 51.6 Å². The zero-order valence-electron chi connectivity index (χ0n) is 20.8. The Hall–Kier alpha value is -1.99. The van der Waals surface area contributed by atoms with Crippen molar-refractivity contribution in [3.63, 3.8) is 0 Å². The molecule has 0 spiro atoms. The van der Waals surface area contributed by atoms with Crippen LogP contribution in [0, 0.1) is 23.2 Å². The largest absolute Gasteiger partial charge is 0.496 e. The van der Waals surface area contributed by atoms with Gasteiger partial charge >= 0.3 is 0 Å². The first kappa shape index (κ1) is 24.6. The maximum atomic E-state index is 9.63. The first-order valence-electron chi connectivity index (χ1n) is 12.2. The summed E-state index contributed by atoms with van der Waals surface area (Å²) in [5.41, 5.74) is 8.05. The lowest BCUT2D eigenvalue weighted by Crippen LogP contribution is -2.30. The Balaban J connectivity index is 0.000000668. The molecule has 3 nitrogen and oxygen atoms in total. The summed E-state index contributed by atoms with van der Waals surface area (Å²) in [6.45, 7) is 9.97. The Morgan fingerprint density at radius 2 is 1.81 bits per heavy atom. The third kappa shape index (κ3) is 5.31. The van der Waals surface area contributed by atoms with E-state index in [4.69, 9.17) is 4.74 Å². The normalized spacial score (nSPS) is 23.9. The van der Waals surface area contributed by atoms with E-state index in [-0.39, 0.29) is 5.41 Å². The van der Waals surface area contributed by atoms with Crippen molar-refractivity contribution in [3.8, 4) is 6.07 Å². The Morgan fingerprint density at radius 3 is 2.44 bits per heavy atom. The van der Waals surface area contributed by atoms with E-state index in [2.05, 4.69) is 39.0 Å². The van der Waals surface area contributed by atoms with Crippen molar-refractivity contribution in [1.29, 1.82) is 5.26 Å². The summed E-state index contributed by atoms with van der Waals surface area (Å²) in [5.74, 6) is 2.31. The lowest BCUT2D eigenvalue weighted by Gasteiger charge is -2.43. The molecule has 2 bridgehead atoms. The number of benzene rings is 1. The van der Waals surface area contributed by atoms with Crippen LogP contribution < -0.4 is 0 Å². The van der Waals surface area contributed by atoms with Gasteiger partial charge in [-0.3, -0.25) is 0 Å². The first-order chi connectivity index (χ1) is 15.2. The molecular weight excluding hydrogens is 410 g/mol. The average Bonchev–Trinajstić information content (AvgIpc) is 2.73. The van der Waals surface area contributed by atoms with Crippen LogP contribution in [0.2, 0.25) is 13.1 Å². The molecule has 2 unspecified atom stereocenters. The maximum Gasteiger partial charge on any atom is 0.270 e. The fourth-order valence-electron chi connectivity index (χ4n) is 5.83. The molecule has 3 aliphatic rings. The molecule has 1 fully saturated rings. The van der Waals surface area contributed by atoms with Gasteiger partial charge in [0.15, 0.2) is 0 Å². The second kappa shape index (κ2) is 10.3. The minimum absolute atomic E-state index is 0.0634. The summed E-state index contributed by atoms with van der Waals surface area (Å²) in [6.07, 6.45) is 10.5. The van der Waals surface area contributed by atoms with Crippen LogP contribution in [0.25, 0.3) is 5.76 Å². The maximum absolute atomic E-state index is 9.63. The van der Waals surface area contributed by atoms with E-state index in [0.29, 0.717) is 11.8 Å². The number of hydrogen-bond donors (Lipinski definition) is 0. The van der Waals surface area contributed by atoms with Gasteiger partial charge < -0.3 is 9.20 Å². The number of nitriles is 1. The molecule has 4 rings (SSSR count). The zero-order chi connectivity index (χ0) is 23.5. The van der Waals surface area contributed by atoms with Crippen molar-refractivity contribution in [2.24, 2.45) is 11.8 Å². The van der Waals surface area contributed by atoms with E-state index < -0.39 is 8.68 Å². The van der Waals surface area contributed by atoms with Crippen LogP contribution >= 0.6 is 0 Å². The van der Waals surface area contributed by atoms with Crippen molar-refractivity contribution in [1.82, 2.24) is 0 Å². The standard InChI is InChI=1S/C26H33NO.C2H6OSi/c1-26(2,3)23-15-19(12-13-20(23)16-27)25(28-4)24-18-9-7-11-22(24)21-10-6-5-8-17(21)14-18;1-4(2)3/h12-13,15,18,22H,5-11,14H2,1-4H3;1-2H3/b25-24+;. The number of fused-ring (bicyclic) bond motifs is 3. The number of methoxy groups -OCH3 is 1. The molecule has 1 aromatic carbocycles. The Kier molecular flexibility index (Phi) is 7.93. The highest BCUT2D eigenvalue weighted by molar-refractivity contribution is 6.38. The molecule has 0 aromatic heterocycles. The van der Waals surface area contributed by atoms with Gasteiger partial charge in [0.05, 0.1) is 18.7 Å². The first-order valence-corrected chi connectivity index (χ1v) is 14.6. The predicted molar refractivity (Wildman–Crippen MR) is 133 cm³/mol. The fraction of sp³-hybridized carbons (Fsp3) is 0.607. The Morgan fingerprint density at radius 1 is 1.12 bits per heavy atom. The number of nitrogens with zero attached hydrogens (tertiary/aromatic N) is 1. The van der Waals surface area contributed by atoms with Crippen molar-refractivity contribution < 1.29 is 9.20 Å². The number of hydrogen-bond acceptors (Lipinski definition) is 3. The van der Waals surface area contributed by atoms with Gasteiger partial charge in [0.1, 0.15) is 5.76 Å². The van der Waals surface area contributed by atoms with Crippen molar-refractivity contribution in [2.75, 3.05) is 7.11 Å². The highest BCUT2D eigenvalue weighted by atomic mass is 28.2. The molecule has 0 heterocycles. The summed E-state index contributed by atoms with van der Waals surface area (Å²) in [6, 6.07) is 8.67. The summed E-state index contributed by atoms with van der Waals surface area (Å²) >= 11 is 0. The van der Waals surface area contributed by atoms with Crippen LogP contribution in [0.15, 0.2) is 34.9 Å². The molecule has 3 aliphatic carbocycles. The van der Waals surface area contributed by atoms with Crippen LogP contribution in [0.1, 0.15) is 88.8 Å². The molecule has 0 radical (unpaired) electrons. The molecular formula is C28H39NO2Si. The smallest absolute Gasteiger partial charge is 0.270 e. The van der Waals surface area contributed by atoms with Crippen molar-refractivity contribution >= 4 is 14.4 Å². The van der Waals surface area contributed by atoms with Gasteiger partial charge in [-0.15, -0.1) is 0 Å². The monoisotopic (exact) mass is 449 g/mol. The molecule has 0 N–H and O–H groups in total. The average molecular weight is 450 g/mol.